The van der Waals surface area contributed by atoms with Gasteiger partial charge in [-0.1, -0.05) is 0 Å². The summed E-state index contributed by atoms with van der Waals surface area (Å²) < 4.78 is 52.4. The Balaban J connectivity index is 2.65. The maximum atomic E-state index is 13.5. The SMILES string of the molecule is O=C(O)c1cnn(-c2ccc(F)cc2F)c1C(F)F. The molecule has 1 heterocycles. The van der Waals surface area contributed by atoms with Gasteiger partial charge in [0.1, 0.15) is 22.8 Å². The average Bonchev–Trinajstić information content (AvgIpc) is 2.73. The van der Waals surface area contributed by atoms with E-state index in [0.29, 0.717) is 16.9 Å². The monoisotopic (exact) mass is 274 g/mol. The highest BCUT2D eigenvalue weighted by Gasteiger charge is 2.26. The van der Waals surface area contributed by atoms with Crippen molar-refractivity contribution in [3.63, 3.8) is 0 Å². The molecule has 2 rings (SSSR count). The minimum absolute atomic E-state index is 0.447. The van der Waals surface area contributed by atoms with Crippen molar-refractivity contribution in [1.82, 2.24) is 9.78 Å². The molecule has 0 aliphatic carbocycles. The van der Waals surface area contributed by atoms with E-state index in [2.05, 4.69) is 5.10 Å². The molecule has 19 heavy (non-hydrogen) atoms. The minimum Gasteiger partial charge on any atom is -0.478 e. The molecule has 100 valence electrons. The number of hydrogen-bond donors (Lipinski definition) is 1. The van der Waals surface area contributed by atoms with E-state index in [1.807, 2.05) is 0 Å². The Labute approximate surface area is 103 Å². The molecule has 0 bridgehead atoms. The summed E-state index contributed by atoms with van der Waals surface area (Å²) in [5, 5.41) is 12.2. The molecule has 0 amide bonds. The molecule has 2 aromatic rings. The van der Waals surface area contributed by atoms with Gasteiger partial charge in [-0.25, -0.2) is 27.0 Å². The lowest BCUT2D eigenvalue weighted by molar-refractivity contribution is 0.0683. The number of benzene rings is 1. The van der Waals surface area contributed by atoms with Crippen LogP contribution in [-0.4, -0.2) is 20.9 Å². The third-order valence-corrected chi connectivity index (χ3v) is 2.38. The van der Waals surface area contributed by atoms with Crippen molar-refractivity contribution in [2.45, 2.75) is 6.43 Å². The fourth-order valence-corrected chi connectivity index (χ4v) is 1.58. The standard InChI is InChI=1S/C11H6F4N2O2/c12-5-1-2-8(7(13)3-5)17-9(10(14)15)6(4-16-17)11(18)19/h1-4,10H,(H,18,19). The number of rotatable bonds is 3. The molecule has 0 radical (unpaired) electrons. The van der Waals surface area contributed by atoms with E-state index < -0.39 is 41.0 Å². The second kappa shape index (κ2) is 4.71. The predicted molar refractivity (Wildman–Crippen MR) is 55.4 cm³/mol. The zero-order valence-corrected chi connectivity index (χ0v) is 9.15. The largest absolute Gasteiger partial charge is 0.478 e. The summed E-state index contributed by atoms with van der Waals surface area (Å²) in [6.07, 6.45) is -2.48. The Hall–Kier alpha value is -2.38. The highest BCUT2D eigenvalue weighted by atomic mass is 19.3. The molecule has 0 fully saturated rings. The van der Waals surface area contributed by atoms with Crippen LogP contribution in [0.5, 0.6) is 0 Å². The van der Waals surface area contributed by atoms with Crippen molar-refractivity contribution in [3.8, 4) is 5.69 Å². The third-order valence-electron chi connectivity index (χ3n) is 2.38. The summed E-state index contributed by atoms with van der Waals surface area (Å²) in [5.41, 5.74) is -2.15. The Morgan fingerprint density at radius 2 is 2.00 bits per heavy atom. The van der Waals surface area contributed by atoms with E-state index in [4.69, 9.17) is 5.11 Å². The summed E-state index contributed by atoms with van der Waals surface area (Å²) >= 11 is 0. The normalized spacial score (nSPS) is 11.0. The van der Waals surface area contributed by atoms with Gasteiger partial charge in [0.2, 0.25) is 0 Å². The first kappa shape index (κ1) is 13.1. The zero-order chi connectivity index (χ0) is 14.2. The predicted octanol–water partition coefficient (Wildman–Crippen LogP) is 2.79. The molecule has 0 saturated carbocycles. The van der Waals surface area contributed by atoms with Gasteiger partial charge in [0, 0.05) is 6.07 Å². The van der Waals surface area contributed by atoms with E-state index in [-0.39, 0.29) is 0 Å². The van der Waals surface area contributed by atoms with Crippen LogP contribution < -0.4 is 0 Å². The van der Waals surface area contributed by atoms with Gasteiger partial charge < -0.3 is 5.11 Å². The molecule has 8 heteroatoms. The zero-order valence-electron chi connectivity index (χ0n) is 9.15. The number of aromatic nitrogens is 2. The first-order valence-corrected chi connectivity index (χ1v) is 4.96. The van der Waals surface area contributed by atoms with Crippen molar-refractivity contribution in [2.75, 3.05) is 0 Å². The van der Waals surface area contributed by atoms with Crippen LogP contribution >= 0.6 is 0 Å². The fraction of sp³-hybridized carbons (Fsp3) is 0.0909. The summed E-state index contributed by atoms with van der Waals surface area (Å²) in [6, 6.07) is 2.25. The first-order valence-electron chi connectivity index (χ1n) is 4.96. The summed E-state index contributed by atoms with van der Waals surface area (Å²) in [5.74, 6) is -3.61. The molecule has 0 unspecified atom stereocenters. The molecule has 4 nitrogen and oxygen atoms in total. The number of hydrogen-bond acceptors (Lipinski definition) is 2. The van der Waals surface area contributed by atoms with E-state index in [1.54, 1.807) is 0 Å². The van der Waals surface area contributed by atoms with Crippen LogP contribution in [0.2, 0.25) is 0 Å². The Morgan fingerprint density at radius 1 is 1.32 bits per heavy atom. The van der Waals surface area contributed by atoms with E-state index in [0.717, 1.165) is 12.1 Å². The van der Waals surface area contributed by atoms with Gasteiger partial charge >= 0.3 is 5.97 Å². The van der Waals surface area contributed by atoms with Crippen LogP contribution in [-0.2, 0) is 0 Å². The van der Waals surface area contributed by atoms with Crippen LogP contribution in [0.15, 0.2) is 24.4 Å². The highest BCUT2D eigenvalue weighted by Crippen LogP contribution is 2.27. The lowest BCUT2D eigenvalue weighted by atomic mass is 10.2. The second-order valence-corrected chi connectivity index (χ2v) is 3.56. The molecule has 1 aromatic heterocycles. The lowest BCUT2D eigenvalue weighted by Crippen LogP contribution is -2.08. The van der Waals surface area contributed by atoms with Gasteiger partial charge in [0.05, 0.1) is 6.20 Å². The topological polar surface area (TPSA) is 55.1 Å². The Bertz CT molecular complexity index is 640. The number of halogens is 4. The van der Waals surface area contributed by atoms with Gasteiger partial charge in [0.25, 0.3) is 6.43 Å². The molecular weight excluding hydrogens is 268 g/mol. The highest BCUT2D eigenvalue weighted by molar-refractivity contribution is 5.88. The van der Waals surface area contributed by atoms with E-state index in [9.17, 15) is 22.4 Å². The van der Waals surface area contributed by atoms with Crippen molar-refractivity contribution in [2.24, 2.45) is 0 Å². The maximum absolute atomic E-state index is 13.5. The summed E-state index contributed by atoms with van der Waals surface area (Å²) in [6.45, 7) is 0. The van der Waals surface area contributed by atoms with Crippen LogP contribution in [0, 0.1) is 11.6 Å². The van der Waals surface area contributed by atoms with Crippen LogP contribution in [0.25, 0.3) is 5.69 Å². The first-order chi connectivity index (χ1) is 8.91. The number of aromatic carboxylic acids is 1. The molecule has 1 aromatic carbocycles. The van der Waals surface area contributed by atoms with Crippen LogP contribution in [0.4, 0.5) is 17.6 Å². The molecule has 0 saturated heterocycles. The fourth-order valence-electron chi connectivity index (χ4n) is 1.58. The lowest BCUT2D eigenvalue weighted by Gasteiger charge is -2.08. The summed E-state index contributed by atoms with van der Waals surface area (Å²) in [4.78, 5) is 10.8. The quantitative estimate of drug-likeness (QED) is 0.875. The molecule has 0 spiro atoms. The molecule has 0 atom stereocenters. The molecular formula is C11H6F4N2O2. The van der Waals surface area contributed by atoms with E-state index >= 15 is 0 Å². The number of nitrogens with zero attached hydrogens (tertiary/aromatic N) is 2. The molecule has 0 aliphatic rings. The second-order valence-electron chi connectivity index (χ2n) is 3.56. The Kier molecular flexibility index (Phi) is 3.24. The minimum atomic E-state index is -3.17. The van der Waals surface area contributed by atoms with Gasteiger partial charge in [-0.15, -0.1) is 0 Å². The van der Waals surface area contributed by atoms with Crippen molar-refractivity contribution >= 4 is 5.97 Å². The summed E-state index contributed by atoms with van der Waals surface area (Å²) in [7, 11) is 0. The van der Waals surface area contributed by atoms with Crippen LogP contribution in [0.3, 0.4) is 0 Å². The van der Waals surface area contributed by atoms with Crippen LogP contribution in [0.1, 0.15) is 22.5 Å². The Morgan fingerprint density at radius 3 is 2.53 bits per heavy atom. The average molecular weight is 274 g/mol. The van der Waals surface area contributed by atoms with Gasteiger partial charge in [0.15, 0.2) is 5.82 Å². The number of carboxylic acids is 1. The number of carboxylic acid groups (broad SMARTS) is 1. The molecule has 1 N–H and O–H groups in total. The van der Waals surface area contributed by atoms with Gasteiger partial charge in [-0.05, 0) is 12.1 Å². The van der Waals surface area contributed by atoms with Crippen molar-refractivity contribution < 1.29 is 27.5 Å². The van der Waals surface area contributed by atoms with Gasteiger partial charge in [-0.2, -0.15) is 5.10 Å². The van der Waals surface area contributed by atoms with Gasteiger partial charge in [-0.3, -0.25) is 0 Å². The van der Waals surface area contributed by atoms with Crippen molar-refractivity contribution in [3.05, 3.63) is 47.3 Å². The van der Waals surface area contributed by atoms with Crippen molar-refractivity contribution in [1.29, 1.82) is 0 Å². The van der Waals surface area contributed by atoms with E-state index in [1.165, 1.54) is 0 Å². The number of alkyl halides is 2. The third kappa shape index (κ3) is 2.28. The maximum Gasteiger partial charge on any atom is 0.339 e. The molecule has 0 aliphatic heterocycles. The number of carbonyl (C=O) groups is 1. The smallest absolute Gasteiger partial charge is 0.339 e.